The summed E-state index contributed by atoms with van der Waals surface area (Å²) in [5, 5.41) is 4.80. The molecule has 33 heavy (non-hydrogen) atoms. The Morgan fingerprint density at radius 3 is 2.42 bits per heavy atom. The largest absolute Gasteiger partial charge is 0.493 e. The lowest BCUT2D eigenvalue weighted by Gasteiger charge is -2.13. The zero-order valence-electron chi connectivity index (χ0n) is 17.7. The van der Waals surface area contributed by atoms with Gasteiger partial charge in [0.05, 0.1) is 23.9 Å². The fourth-order valence-electron chi connectivity index (χ4n) is 2.66. The first-order valence-corrected chi connectivity index (χ1v) is 10.5. The lowest BCUT2D eigenvalue weighted by molar-refractivity contribution is -0.127. The highest BCUT2D eigenvalue weighted by Crippen LogP contribution is 2.29. The van der Waals surface area contributed by atoms with Gasteiger partial charge >= 0.3 is 5.97 Å². The predicted molar refractivity (Wildman–Crippen MR) is 127 cm³/mol. The Morgan fingerprint density at radius 2 is 1.73 bits per heavy atom. The summed E-state index contributed by atoms with van der Waals surface area (Å²) < 4.78 is 16.3. The standard InChI is InChI=1S/C24H20Cl2N2O5/c1-15(32-18-10-8-17(25)9-11-18)23(29)28-27-14-16-7-12-21(22(13-16)31-2)33-24(30)19-5-3-4-6-20(19)26/h3-15H,1-2H3,(H,28,29)/b27-14-/t15-/m1/s1. The number of esters is 1. The van der Waals surface area contributed by atoms with E-state index in [1.54, 1.807) is 73.7 Å². The van der Waals surface area contributed by atoms with Crippen LogP contribution in [0.25, 0.3) is 0 Å². The van der Waals surface area contributed by atoms with Crippen LogP contribution in [-0.2, 0) is 4.79 Å². The molecule has 1 amide bonds. The molecule has 1 N–H and O–H groups in total. The third-order valence-electron chi connectivity index (χ3n) is 4.37. The van der Waals surface area contributed by atoms with Crippen molar-refractivity contribution in [1.29, 1.82) is 0 Å². The van der Waals surface area contributed by atoms with Gasteiger partial charge in [0.1, 0.15) is 5.75 Å². The number of benzene rings is 3. The van der Waals surface area contributed by atoms with Crippen LogP contribution in [0.15, 0.2) is 71.8 Å². The summed E-state index contributed by atoms with van der Waals surface area (Å²) in [7, 11) is 1.45. The van der Waals surface area contributed by atoms with E-state index in [2.05, 4.69) is 10.5 Å². The predicted octanol–water partition coefficient (Wildman–Crippen LogP) is 5.14. The van der Waals surface area contributed by atoms with E-state index in [-0.39, 0.29) is 16.3 Å². The van der Waals surface area contributed by atoms with Crippen molar-refractivity contribution in [1.82, 2.24) is 5.43 Å². The van der Waals surface area contributed by atoms with Gasteiger partial charge in [0.2, 0.25) is 0 Å². The number of nitrogens with zero attached hydrogens (tertiary/aromatic N) is 1. The molecule has 0 saturated carbocycles. The molecule has 0 unspecified atom stereocenters. The molecule has 3 aromatic carbocycles. The van der Waals surface area contributed by atoms with Crippen LogP contribution in [0.4, 0.5) is 0 Å². The van der Waals surface area contributed by atoms with E-state index in [0.717, 1.165) is 0 Å². The molecule has 9 heteroatoms. The number of halogens is 2. The van der Waals surface area contributed by atoms with Crippen LogP contribution in [0.1, 0.15) is 22.8 Å². The zero-order chi connectivity index (χ0) is 23.8. The van der Waals surface area contributed by atoms with Crippen molar-refractivity contribution in [3.8, 4) is 17.2 Å². The van der Waals surface area contributed by atoms with Crippen LogP contribution in [0.2, 0.25) is 10.0 Å². The van der Waals surface area contributed by atoms with Gasteiger partial charge in [-0.1, -0.05) is 35.3 Å². The minimum absolute atomic E-state index is 0.216. The number of nitrogens with one attached hydrogen (secondary N) is 1. The first-order chi connectivity index (χ1) is 15.9. The number of carbonyl (C=O) groups excluding carboxylic acids is 2. The SMILES string of the molecule is COc1cc(/C=N\NC(=O)[C@@H](C)Oc2ccc(Cl)cc2)ccc1OC(=O)c1ccccc1Cl. The highest BCUT2D eigenvalue weighted by atomic mass is 35.5. The van der Waals surface area contributed by atoms with Gasteiger partial charge in [-0.25, -0.2) is 10.2 Å². The molecule has 0 aliphatic rings. The second-order valence-corrected chi connectivity index (χ2v) is 7.57. The van der Waals surface area contributed by atoms with Crippen molar-refractivity contribution in [3.63, 3.8) is 0 Å². The highest BCUT2D eigenvalue weighted by molar-refractivity contribution is 6.33. The molecule has 0 saturated heterocycles. The van der Waals surface area contributed by atoms with Gasteiger partial charge in [0.25, 0.3) is 5.91 Å². The van der Waals surface area contributed by atoms with Gasteiger partial charge in [0.15, 0.2) is 17.6 Å². The van der Waals surface area contributed by atoms with Crippen molar-refractivity contribution in [2.24, 2.45) is 5.10 Å². The summed E-state index contributed by atoms with van der Waals surface area (Å²) >= 11 is 11.9. The molecule has 0 spiro atoms. The number of hydrogen-bond acceptors (Lipinski definition) is 6. The molecule has 0 bridgehead atoms. The molecular formula is C24H20Cl2N2O5. The van der Waals surface area contributed by atoms with E-state index in [9.17, 15) is 9.59 Å². The lowest BCUT2D eigenvalue weighted by Crippen LogP contribution is -2.33. The summed E-state index contributed by atoms with van der Waals surface area (Å²) in [6.45, 7) is 1.60. The third-order valence-corrected chi connectivity index (χ3v) is 4.95. The molecule has 0 fully saturated rings. The molecule has 0 aliphatic carbocycles. The Balaban J connectivity index is 1.60. The Bertz CT molecular complexity index is 1170. The Kier molecular flexibility index (Phi) is 8.29. The number of rotatable bonds is 8. The van der Waals surface area contributed by atoms with Gasteiger partial charge in [0, 0.05) is 5.02 Å². The molecule has 3 aromatic rings. The van der Waals surface area contributed by atoms with Gasteiger partial charge in [-0.05, 0) is 67.1 Å². The number of ether oxygens (including phenoxy) is 3. The van der Waals surface area contributed by atoms with Gasteiger partial charge in [-0.2, -0.15) is 5.10 Å². The van der Waals surface area contributed by atoms with E-state index in [1.807, 2.05) is 0 Å². The first kappa shape index (κ1) is 24.1. The molecule has 0 heterocycles. The maximum Gasteiger partial charge on any atom is 0.345 e. The highest BCUT2D eigenvalue weighted by Gasteiger charge is 2.16. The van der Waals surface area contributed by atoms with Crippen LogP contribution >= 0.6 is 23.2 Å². The van der Waals surface area contributed by atoms with Gasteiger partial charge in [-0.15, -0.1) is 0 Å². The van der Waals surface area contributed by atoms with E-state index >= 15 is 0 Å². The topological polar surface area (TPSA) is 86.2 Å². The normalized spacial score (nSPS) is 11.6. The summed E-state index contributed by atoms with van der Waals surface area (Å²) in [6.07, 6.45) is 0.652. The molecule has 7 nitrogen and oxygen atoms in total. The van der Waals surface area contributed by atoms with Crippen LogP contribution in [0.5, 0.6) is 17.2 Å². The van der Waals surface area contributed by atoms with Gasteiger partial charge < -0.3 is 14.2 Å². The number of carbonyl (C=O) groups is 2. The zero-order valence-corrected chi connectivity index (χ0v) is 19.3. The Hall–Kier alpha value is -3.55. The van der Waals surface area contributed by atoms with Crippen LogP contribution in [0, 0.1) is 0 Å². The fraction of sp³-hybridized carbons (Fsp3) is 0.125. The summed E-state index contributed by atoms with van der Waals surface area (Å²) in [5.74, 6) is -0.00267. The average molecular weight is 487 g/mol. The maximum atomic E-state index is 12.4. The third kappa shape index (κ3) is 6.71. The minimum Gasteiger partial charge on any atom is -0.493 e. The van der Waals surface area contributed by atoms with E-state index in [1.165, 1.54) is 13.3 Å². The number of amides is 1. The Morgan fingerprint density at radius 1 is 1.00 bits per heavy atom. The van der Waals surface area contributed by atoms with Crippen LogP contribution in [0.3, 0.4) is 0 Å². The molecule has 0 aromatic heterocycles. The summed E-state index contributed by atoms with van der Waals surface area (Å²) in [4.78, 5) is 24.6. The first-order valence-electron chi connectivity index (χ1n) is 9.77. The number of hydrazone groups is 1. The van der Waals surface area contributed by atoms with Crippen LogP contribution in [-0.4, -0.2) is 31.3 Å². The number of methoxy groups -OCH3 is 1. The molecule has 1 atom stereocenters. The van der Waals surface area contributed by atoms with Crippen molar-refractivity contribution < 1.29 is 23.8 Å². The Labute approximate surface area is 200 Å². The smallest absolute Gasteiger partial charge is 0.345 e. The van der Waals surface area contributed by atoms with E-state index in [0.29, 0.717) is 22.1 Å². The quantitative estimate of drug-likeness (QED) is 0.206. The van der Waals surface area contributed by atoms with Gasteiger partial charge in [-0.3, -0.25) is 4.79 Å². The second-order valence-electron chi connectivity index (χ2n) is 6.73. The monoisotopic (exact) mass is 486 g/mol. The molecule has 3 rings (SSSR count). The number of hydrogen-bond donors (Lipinski definition) is 1. The summed E-state index contributed by atoms with van der Waals surface area (Å²) in [5.41, 5.74) is 3.26. The second kappa shape index (κ2) is 11.4. The van der Waals surface area contributed by atoms with Crippen molar-refractivity contribution >= 4 is 41.3 Å². The average Bonchev–Trinajstić information content (AvgIpc) is 2.81. The van der Waals surface area contributed by atoms with Crippen molar-refractivity contribution in [2.45, 2.75) is 13.0 Å². The lowest BCUT2D eigenvalue weighted by atomic mass is 10.2. The fourth-order valence-corrected chi connectivity index (χ4v) is 3.00. The molecular weight excluding hydrogens is 467 g/mol. The van der Waals surface area contributed by atoms with E-state index < -0.39 is 18.0 Å². The van der Waals surface area contributed by atoms with Crippen LogP contribution < -0.4 is 19.6 Å². The minimum atomic E-state index is -0.774. The summed E-state index contributed by atoms with van der Waals surface area (Å²) in [6, 6.07) is 18.1. The van der Waals surface area contributed by atoms with Crippen molar-refractivity contribution in [3.05, 3.63) is 87.9 Å². The molecule has 0 aliphatic heterocycles. The molecule has 170 valence electrons. The van der Waals surface area contributed by atoms with E-state index in [4.69, 9.17) is 37.4 Å². The van der Waals surface area contributed by atoms with Crippen molar-refractivity contribution in [2.75, 3.05) is 7.11 Å². The maximum absolute atomic E-state index is 12.4. The molecule has 0 radical (unpaired) electrons.